The number of carbonyl (C=O) groups is 1. The standard InChI is InChI=1S/C13H16ClN3O2/c1-8-4-2-5-9(11(8)14)13(18)17-7-3-6-10(17)12(15)16-19/h2,4-5,10,19H,3,6-7H2,1H3,(H2,15,16). The van der Waals surface area contributed by atoms with E-state index in [0.717, 1.165) is 12.0 Å². The first-order valence-corrected chi connectivity index (χ1v) is 6.47. The zero-order valence-corrected chi connectivity index (χ0v) is 11.4. The molecule has 102 valence electrons. The van der Waals surface area contributed by atoms with Crippen LogP contribution in [0, 0.1) is 6.92 Å². The Balaban J connectivity index is 2.31. The van der Waals surface area contributed by atoms with Crippen LogP contribution in [0.4, 0.5) is 0 Å². The van der Waals surface area contributed by atoms with E-state index in [1.165, 1.54) is 0 Å². The first-order chi connectivity index (χ1) is 9.06. The van der Waals surface area contributed by atoms with Gasteiger partial charge in [0, 0.05) is 6.54 Å². The van der Waals surface area contributed by atoms with Crippen molar-refractivity contribution in [2.75, 3.05) is 6.54 Å². The van der Waals surface area contributed by atoms with E-state index >= 15 is 0 Å². The van der Waals surface area contributed by atoms with E-state index in [2.05, 4.69) is 5.16 Å². The second-order valence-corrected chi connectivity index (χ2v) is 5.00. The predicted molar refractivity (Wildman–Crippen MR) is 73.7 cm³/mol. The number of rotatable bonds is 2. The molecule has 1 aliphatic heterocycles. The molecule has 1 amide bonds. The minimum absolute atomic E-state index is 0.0645. The lowest BCUT2D eigenvalue weighted by atomic mass is 10.1. The Labute approximate surface area is 116 Å². The van der Waals surface area contributed by atoms with Crippen LogP contribution in [0.25, 0.3) is 0 Å². The molecule has 0 aromatic heterocycles. The number of benzene rings is 1. The maximum Gasteiger partial charge on any atom is 0.256 e. The molecule has 1 saturated heterocycles. The van der Waals surface area contributed by atoms with Gasteiger partial charge >= 0.3 is 0 Å². The van der Waals surface area contributed by atoms with Crippen LogP contribution in [0.1, 0.15) is 28.8 Å². The number of hydrogen-bond donors (Lipinski definition) is 2. The SMILES string of the molecule is Cc1cccc(C(=O)N2CCCC2/C(N)=N/O)c1Cl. The molecule has 0 bridgehead atoms. The number of hydrogen-bond acceptors (Lipinski definition) is 3. The van der Waals surface area contributed by atoms with Gasteiger partial charge in [-0.2, -0.15) is 0 Å². The lowest BCUT2D eigenvalue weighted by Crippen LogP contribution is -2.44. The molecule has 1 atom stereocenters. The molecule has 19 heavy (non-hydrogen) atoms. The molecule has 0 aliphatic carbocycles. The van der Waals surface area contributed by atoms with Crippen LogP contribution in [0.2, 0.25) is 5.02 Å². The highest BCUT2D eigenvalue weighted by molar-refractivity contribution is 6.34. The summed E-state index contributed by atoms with van der Waals surface area (Å²) in [7, 11) is 0. The van der Waals surface area contributed by atoms with Crippen LogP contribution in [-0.2, 0) is 0 Å². The lowest BCUT2D eigenvalue weighted by molar-refractivity contribution is 0.0768. The summed E-state index contributed by atoms with van der Waals surface area (Å²) in [5.41, 5.74) is 6.94. The molecule has 3 N–H and O–H groups in total. The Morgan fingerprint density at radius 2 is 2.32 bits per heavy atom. The Morgan fingerprint density at radius 1 is 1.58 bits per heavy atom. The van der Waals surface area contributed by atoms with Gasteiger partial charge in [-0.3, -0.25) is 4.79 Å². The summed E-state index contributed by atoms with van der Waals surface area (Å²) >= 11 is 6.17. The zero-order valence-electron chi connectivity index (χ0n) is 10.6. The largest absolute Gasteiger partial charge is 0.409 e. The quantitative estimate of drug-likeness (QED) is 0.377. The normalized spacial score (nSPS) is 19.8. The maximum atomic E-state index is 12.5. The van der Waals surface area contributed by atoms with E-state index in [9.17, 15) is 4.79 Å². The number of carbonyl (C=O) groups excluding carboxylic acids is 1. The van der Waals surface area contributed by atoms with Crippen LogP contribution in [0.3, 0.4) is 0 Å². The van der Waals surface area contributed by atoms with E-state index in [1.807, 2.05) is 13.0 Å². The van der Waals surface area contributed by atoms with Crippen LogP contribution in [0.15, 0.2) is 23.4 Å². The van der Waals surface area contributed by atoms with E-state index in [-0.39, 0.29) is 17.8 Å². The fraction of sp³-hybridized carbons (Fsp3) is 0.385. The number of oxime groups is 1. The highest BCUT2D eigenvalue weighted by atomic mass is 35.5. The van der Waals surface area contributed by atoms with Gasteiger partial charge in [-0.1, -0.05) is 28.9 Å². The van der Waals surface area contributed by atoms with Crippen molar-refractivity contribution >= 4 is 23.3 Å². The predicted octanol–water partition coefficient (Wildman–Crippen LogP) is 2.00. The van der Waals surface area contributed by atoms with E-state index in [0.29, 0.717) is 23.6 Å². The molecule has 1 fully saturated rings. The van der Waals surface area contributed by atoms with Crippen molar-refractivity contribution < 1.29 is 10.0 Å². The zero-order chi connectivity index (χ0) is 14.0. The van der Waals surface area contributed by atoms with Gasteiger partial charge in [-0.15, -0.1) is 0 Å². The van der Waals surface area contributed by atoms with Crippen LogP contribution in [0.5, 0.6) is 0 Å². The number of amides is 1. The second-order valence-electron chi connectivity index (χ2n) is 4.62. The molecular weight excluding hydrogens is 266 g/mol. The van der Waals surface area contributed by atoms with E-state index in [4.69, 9.17) is 22.5 Å². The fourth-order valence-electron chi connectivity index (χ4n) is 2.35. The topological polar surface area (TPSA) is 78.9 Å². The van der Waals surface area contributed by atoms with Crippen LogP contribution in [-0.4, -0.2) is 34.4 Å². The van der Waals surface area contributed by atoms with Crippen molar-refractivity contribution in [2.45, 2.75) is 25.8 Å². The number of likely N-dealkylation sites (tertiary alicyclic amines) is 1. The van der Waals surface area contributed by atoms with Crippen molar-refractivity contribution in [3.8, 4) is 0 Å². The highest BCUT2D eigenvalue weighted by Gasteiger charge is 2.33. The first-order valence-electron chi connectivity index (χ1n) is 6.09. The van der Waals surface area contributed by atoms with Crippen LogP contribution < -0.4 is 5.73 Å². The Kier molecular flexibility index (Phi) is 3.95. The van der Waals surface area contributed by atoms with Gasteiger partial charge < -0.3 is 15.8 Å². The second kappa shape index (κ2) is 5.48. The van der Waals surface area contributed by atoms with Crippen LogP contribution >= 0.6 is 11.6 Å². The number of amidine groups is 1. The molecule has 0 saturated carbocycles. The van der Waals surface area contributed by atoms with Crippen molar-refractivity contribution in [2.24, 2.45) is 10.9 Å². The summed E-state index contributed by atoms with van der Waals surface area (Å²) in [6.07, 6.45) is 1.53. The molecule has 1 aliphatic rings. The van der Waals surface area contributed by atoms with E-state index < -0.39 is 0 Å². The monoisotopic (exact) mass is 281 g/mol. The molecule has 1 unspecified atom stereocenters. The van der Waals surface area contributed by atoms with Crippen molar-refractivity contribution in [1.29, 1.82) is 0 Å². The number of aryl methyl sites for hydroxylation is 1. The minimum Gasteiger partial charge on any atom is -0.409 e. The summed E-state index contributed by atoms with van der Waals surface area (Å²) in [5.74, 6) is -0.113. The number of nitrogens with zero attached hydrogens (tertiary/aromatic N) is 2. The van der Waals surface area contributed by atoms with Gasteiger partial charge in [0.25, 0.3) is 5.91 Å². The third kappa shape index (κ3) is 2.51. The molecule has 1 heterocycles. The summed E-state index contributed by atoms with van der Waals surface area (Å²) in [6.45, 7) is 2.44. The Bertz CT molecular complexity index is 531. The smallest absolute Gasteiger partial charge is 0.256 e. The third-order valence-electron chi connectivity index (χ3n) is 3.39. The van der Waals surface area contributed by atoms with Gasteiger partial charge in [-0.25, -0.2) is 0 Å². The maximum absolute atomic E-state index is 12.5. The van der Waals surface area contributed by atoms with Gasteiger partial charge in [-0.05, 0) is 31.4 Å². The number of nitrogens with two attached hydrogens (primary N) is 1. The molecule has 1 aromatic rings. The van der Waals surface area contributed by atoms with Crippen molar-refractivity contribution in [3.63, 3.8) is 0 Å². The third-order valence-corrected chi connectivity index (χ3v) is 3.89. The highest BCUT2D eigenvalue weighted by Crippen LogP contribution is 2.26. The van der Waals surface area contributed by atoms with Crippen molar-refractivity contribution in [1.82, 2.24) is 4.90 Å². The lowest BCUT2D eigenvalue weighted by Gasteiger charge is -2.24. The molecule has 5 nitrogen and oxygen atoms in total. The summed E-state index contributed by atoms with van der Waals surface area (Å²) in [6, 6.07) is 4.99. The number of halogens is 1. The molecule has 6 heteroatoms. The van der Waals surface area contributed by atoms with E-state index in [1.54, 1.807) is 17.0 Å². The van der Waals surface area contributed by atoms with Gasteiger partial charge in [0.15, 0.2) is 5.84 Å². The molecule has 0 radical (unpaired) electrons. The summed E-state index contributed by atoms with van der Waals surface area (Å²) in [5, 5.41) is 12.2. The van der Waals surface area contributed by atoms with Crippen molar-refractivity contribution in [3.05, 3.63) is 34.3 Å². The minimum atomic E-state index is -0.353. The summed E-state index contributed by atoms with van der Waals surface area (Å²) < 4.78 is 0. The molecule has 1 aromatic carbocycles. The average molecular weight is 282 g/mol. The molecule has 2 rings (SSSR count). The van der Waals surface area contributed by atoms with Gasteiger partial charge in [0.1, 0.15) is 0 Å². The first kappa shape index (κ1) is 13.7. The average Bonchev–Trinajstić information content (AvgIpc) is 2.89. The summed E-state index contributed by atoms with van der Waals surface area (Å²) in [4.78, 5) is 14.1. The fourth-order valence-corrected chi connectivity index (χ4v) is 2.56. The Hall–Kier alpha value is -1.75. The molecule has 0 spiro atoms. The Morgan fingerprint density at radius 3 is 3.00 bits per heavy atom. The van der Waals surface area contributed by atoms with Gasteiger partial charge in [0.2, 0.25) is 0 Å². The van der Waals surface area contributed by atoms with Gasteiger partial charge in [0.05, 0.1) is 16.6 Å². The molecular formula is C13H16ClN3O2.